The highest BCUT2D eigenvalue weighted by atomic mass is 32.2. The number of benzene rings is 1. The number of rotatable bonds is 4. The molecule has 3 aromatic rings. The Hall–Kier alpha value is -2.85. The number of aromatic nitrogens is 2. The molecule has 1 amide bonds. The van der Waals surface area contributed by atoms with E-state index in [1.807, 2.05) is 12.1 Å². The zero-order valence-electron chi connectivity index (χ0n) is 18.1. The summed E-state index contributed by atoms with van der Waals surface area (Å²) in [5.74, 6) is 0.521. The van der Waals surface area contributed by atoms with Gasteiger partial charge in [0.2, 0.25) is 10.0 Å². The Morgan fingerprint density at radius 3 is 2.61 bits per heavy atom. The smallest absolute Gasteiger partial charge is 0.289 e. The van der Waals surface area contributed by atoms with E-state index in [4.69, 9.17) is 9.15 Å². The van der Waals surface area contributed by atoms with Crippen molar-refractivity contribution in [2.75, 3.05) is 33.3 Å². The van der Waals surface area contributed by atoms with Crippen molar-refractivity contribution in [1.82, 2.24) is 19.0 Å². The molecule has 1 aromatic carbocycles. The second kappa shape index (κ2) is 8.01. The molecule has 1 saturated heterocycles. The third kappa shape index (κ3) is 3.70. The number of methoxy groups -OCH3 is 1. The van der Waals surface area contributed by atoms with E-state index < -0.39 is 10.0 Å². The topological polar surface area (TPSA) is 97.9 Å². The summed E-state index contributed by atoms with van der Waals surface area (Å²) in [6.07, 6.45) is 0.535. The second-order valence-corrected chi connectivity index (χ2v) is 9.54. The average Bonchev–Trinajstić information content (AvgIpc) is 3.16. The fourth-order valence-electron chi connectivity index (χ4n) is 4.05. The Labute approximate surface area is 181 Å². The van der Waals surface area contributed by atoms with E-state index in [0.717, 1.165) is 5.39 Å². The van der Waals surface area contributed by atoms with E-state index >= 15 is 0 Å². The van der Waals surface area contributed by atoms with E-state index in [9.17, 15) is 13.2 Å². The minimum atomic E-state index is -3.70. The van der Waals surface area contributed by atoms with Crippen LogP contribution in [0.15, 0.2) is 33.6 Å². The Balaban J connectivity index is 1.55. The van der Waals surface area contributed by atoms with Gasteiger partial charge in [-0.1, -0.05) is 12.1 Å². The van der Waals surface area contributed by atoms with Crippen LogP contribution < -0.4 is 4.74 Å². The van der Waals surface area contributed by atoms with Gasteiger partial charge in [0.1, 0.15) is 4.90 Å². The van der Waals surface area contributed by atoms with Crippen LogP contribution >= 0.6 is 0 Å². The monoisotopic (exact) mass is 446 g/mol. The van der Waals surface area contributed by atoms with Crippen LogP contribution in [0, 0.1) is 13.8 Å². The lowest BCUT2D eigenvalue weighted by Gasteiger charge is -2.21. The molecule has 1 aliphatic rings. The van der Waals surface area contributed by atoms with Crippen molar-refractivity contribution >= 4 is 26.9 Å². The lowest BCUT2D eigenvalue weighted by molar-refractivity contribution is 0.0734. The molecular weight excluding hydrogens is 420 g/mol. The predicted molar refractivity (Wildman–Crippen MR) is 115 cm³/mol. The molecule has 0 bridgehead atoms. The summed E-state index contributed by atoms with van der Waals surface area (Å²) in [6, 6.07) is 7.16. The van der Waals surface area contributed by atoms with Crippen molar-refractivity contribution in [3.05, 3.63) is 41.4 Å². The first kappa shape index (κ1) is 21.4. The van der Waals surface area contributed by atoms with Crippen LogP contribution in [0.3, 0.4) is 0 Å². The maximum Gasteiger partial charge on any atom is 0.289 e. The maximum atomic E-state index is 13.3. The number of hydrogen-bond donors (Lipinski definition) is 0. The van der Waals surface area contributed by atoms with Gasteiger partial charge in [-0.25, -0.2) is 8.42 Å². The molecule has 9 nitrogen and oxygen atoms in total. The molecular formula is C21H26N4O5S. The highest BCUT2D eigenvalue weighted by Gasteiger charge is 2.33. The predicted octanol–water partition coefficient (Wildman–Crippen LogP) is 2.33. The zero-order valence-corrected chi connectivity index (χ0v) is 18.9. The summed E-state index contributed by atoms with van der Waals surface area (Å²) in [5, 5.41) is 5.02. The Morgan fingerprint density at radius 1 is 1.16 bits per heavy atom. The minimum Gasteiger partial charge on any atom is -0.493 e. The molecule has 0 N–H and O–H groups in total. The average molecular weight is 447 g/mol. The number of fused-ring (bicyclic) bond motifs is 1. The number of para-hydroxylation sites is 1. The standard InChI is InChI=1S/C21H26N4O5S/c1-14-20(15(2)23(3)22-14)31(27,28)25-10-6-9-24(11-12-25)21(26)18-13-16-7-5-8-17(29-4)19(16)30-18/h5,7-8,13H,6,9-12H2,1-4H3. The minimum absolute atomic E-state index is 0.214. The molecule has 0 aliphatic carbocycles. The molecule has 0 saturated carbocycles. The number of sulfonamides is 1. The quantitative estimate of drug-likeness (QED) is 0.610. The molecule has 1 fully saturated rings. The van der Waals surface area contributed by atoms with E-state index in [2.05, 4.69) is 5.10 Å². The number of carbonyl (C=O) groups excluding carboxylic acids is 1. The van der Waals surface area contributed by atoms with Crippen LogP contribution in [0.1, 0.15) is 28.4 Å². The molecule has 0 unspecified atom stereocenters. The fraction of sp³-hybridized carbons (Fsp3) is 0.429. The lowest BCUT2D eigenvalue weighted by atomic mass is 10.2. The van der Waals surface area contributed by atoms with Crippen molar-refractivity contribution in [2.24, 2.45) is 7.05 Å². The first-order chi connectivity index (χ1) is 14.7. The number of ether oxygens (including phenoxy) is 1. The summed E-state index contributed by atoms with van der Waals surface area (Å²) in [4.78, 5) is 15.0. The number of amides is 1. The second-order valence-electron chi connectivity index (χ2n) is 7.66. The van der Waals surface area contributed by atoms with Crippen LogP contribution in [0.2, 0.25) is 0 Å². The summed E-state index contributed by atoms with van der Waals surface area (Å²) >= 11 is 0. The van der Waals surface area contributed by atoms with Crippen molar-refractivity contribution < 1.29 is 22.4 Å². The molecule has 4 rings (SSSR count). The van der Waals surface area contributed by atoms with Crippen molar-refractivity contribution in [2.45, 2.75) is 25.2 Å². The Morgan fingerprint density at radius 2 is 1.94 bits per heavy atom. The molecule has 10 heteroatoms. The van der Waals surface area contributed by atoms with Crippen LogP contribution in [0.25, 0.3) is 11.0 Å². The molecule has 3 heterocycles. The molecule has 0 radical (unpaired) electrons. The van der Waals surface area contributed by atoms with Gasteiger partial charge in [-0.3, -0.25) is 9.48 Å². The van der Waals surface area contributed by atoms with E-state index in [0.29, 0.717) is 42.2 Å². The van der Waals surface area contributed by atoms with Crippen LogP contribution in [-0.4, -0.2) is 66.6 Å². The normalized spacial score (nSPS) is 15.9. The van der Waals surface area contributed by atoms with Crippen molar-refractivity contribution in [3.63, 3.8) is 0 Å². The Kier molecular flexibility index (Phi) is 5.52. The molecule has 0 atom stereocenters. The number of carbonyl (C=O) groups is 1. The first-order valence-electron chi connectivity index (χ1n) is 10.1. The van der Waals surface area contributed by atoms with E-state index in [-0.39, 0.29) is 29.7 Å². The molecule has 0 spiro atoms. The van der Waals surface area contributed by atoms with Gasteiger partial charge in [-0.05, 0) is 32.4 Å². The number of hydrogen-bond acceptors (Lipinski definition) is 6. The highest BCUT2D eigenvalue weighted by Crippen LogP contribution is 2.29. The van der Waals surface area contributed by atoms with E-state index in [1.165, 1.54) is 4.31 Å². The van der Waals surface area contributed by atoms with Gasteiger partial charge in [0.25, 0.3) is 5.91 Å². The van der Waals surface area contributed by atoms with Gasteiger partial charge < -0.3 is 14.1 Å². The molecule has 1 aliphatic heterocycles. The van der Waals surface area contributed by atoms with E-state index in [1.54, 1.807) is 49.7 Å². The van der Waals surface area contributed by atoms with Gasteiger partial charge in [0.05, 0.1) is 18.5 Å². The number of nitrogens with zero attached hydrogens (tertiary/aromatic N) is 4. The van der Waals surface area contributed by atoms with Crippen LogP contribution in [0.4, 0.5) is 0 Å². The number of furan rings is 1. The molecule has 166 valence electrons. The molecule has 31 heavy (non-hydrogen) atoms. The lowest BCUT2D eigenvalue weighted by Crippen LogP contribution is -2.37. The first-order valence-corrected chi connectivity index (χ1v) is 11.5. The van der Waals surface area contributed by atoms with Crippen LogP contribution in [-0.2, 0) is 17.1 Å². The summed E-state index contributed by atoms with van der Waals surface area (Å²) in [5.41, 5.74) is 1.61. The summed E-state index contributed by atoms with van der Waals surface area (Å²) in [6.45, 7) is 4.73. The van der Waals surface area contributed by atoms with Crippen molar-refractivity contribution in [3.8, 4) is 5.75 Å². The highest BCUT2D eigenvalue weighted by molar-refractivity contribution is 7.89. The SMILES string of the molecule is COc1cccc2cc(C(=O)N3CCCN(S(=O)(=O)c4c(C)nn(C)c4C)CC3)oc12. The number of aryl methyl sites for hydroxylation is 2. The fourth-order valence-corrected chi connectivity index (χ4v) is 5.92. The van der Waals surface area contributed by atoms with Gasteiger partial charge in [-0.2, -0.15) is 9.40 Å². The third-order valence-electron chi connectivity index (χ3n) is 5.72. The third-order valence-corrected chi connectivity index (χ3v) is 7.87. The van der Waals surface area contributed by atoms with Gasteiger partial charge in [0.15, 0.2) is 17.1 Å². The Bertz CT molecular complexity index is 1240. The van der Waals surface area contributed by atoms with Crippen molar-refractivity contribution in [1.29, 1.82) is 0 Å². The van der Waals surface area contributed by atoms with Gasteiger partial charge in [-0.15, -0.1) is 0 Å². The zero-order chi connectivity index (χ0) is 22.3. The summed E-state index contributed by atoms with van der Waals surface area (Å²) in [7, 11) is -0.419. The van der Waals surface area contributed by atoms with Gasteiger partial charge >= 0.3 is 0 Å². The summed E-state index contributed by atoms with van der Waals surface area (Å²) < 4.78 is 40.6. The maximum absolute atomic E-state index is 13.3. The largest absolute Gasteiger partial charge is 0.493 e. The van der Waals surface area contributed by atoms with Crippen LogP contribution in [0.5, 0.6) is 5.75 Å². The van der Waals surface area contributed by atoms with Gasteiger partial charge in [0, 0.05) is 38.6 Å². The molecule has 2 aromatic heterocycles.